The van der Waals surface area contributed by atoms with E-state index in [0.29, 0.717) is 11.3 Å². The molecule has 0 spiro atoms. The molecule has 78 valence electrons. The molecule has 0 unspecified atom stereocenters. The Morgan fingerprint density at radius 1 is 1.19 bits per heavy atom. The van der Waals surface area contributed by atoms with Crippen LogP contribution in [0.25, 0.3) is 0 Å². The summed E-state index contributed by atoms with van der Waals surface area (Å²) in [5.74, 6) is -0.540. The van der Waals surface area contributed by atoms with Crippen LogP contribution < -0.4 is 5.32 Å². The summed E-state index contributed by atoms with van der Waals surface area (Å²) in [5.41, 5.74) is 1.90. The first-order valence-corrected chi connectivity index (χ1v) is 4.67. The molecule has 1 N–H and O–H groups in total. The topological polar surface area (TPSA) is 48.7 Å². The van der Waals surface area contributed by atoms with Gasteiger partial charge in [0.15, 0.2) is 0 Å². The summed E-state index contributed by atoms with van der Waals surface area (Å²) in [6.45, 7) is 0. The Labute approximate surface area is 92.2 Å². The Hall–Kier alpha value is -2.41. The van der Waals surface area contributed by atoms with E-state index in [1.165, 1.54) is 12.3 Å². The maximum atomic E-state index is 12.8. The largest absolute Gasteiger partial charge is 0.355 e. The first kappa shape index (κ1) is 10.1. The van der Waals surface area contributed by atoms with Crippen LogP contribution in [-0.2, 0) is 0 Å². The summed E-state index contributed by atoms with van der Waals surface area (Å²) in [4.78, 5) is 3.46. The van der Waals surface area contributed by atoms with Crippen molar-refractivity contribution in [3.05, 3.63) is 54.1 Å². The number of hydrogen-bond acceptors (Lipinski definition) is 3. The number of pyridine rings is 1. The van der Waals surface area contributed by atoms with E-state index in [0.717, 1.165) is 5.69 Å². The number of halogens is 1. The minimum atomic E-state index is -0.540. The number of anilines is 2. The van der Waals surface area contributed by atoms with Gasteiger partial charge in [0.2, 0.25) is 5.95 Å². The summed E-state index contributed by atoms with van der Waals surface area (Å²) >= 11 is 0. The highest BCUT2D eigenvalue weighted by Crippen LogP contribution is 2.17. The molecule has 0 aliphatic rings. The maximum absolute atomic E-state index is 12.8. The van der Waals surface area contributed by atoms with Gasteiger partial charge < -0.3 is 5.32 Å². The van der Waals surface area contributed by atoms with Gasteiger partial charge in [-0.25, -0.2) is 4.98 Å². The van der Waals surface area contributed by atoms with Crippen LogP contribution in [0.1, 0.15) is 5.56 Å². The zero-order chi connectivity index (χ0) is 11.4. The van der Waals surface area contributed by atoms with Crippen molar-refractivity contribution in [2.24, 2.45) is 0 Å². The molecule has 0 atom stereocenters. The average Bonchev–Trinajstić information content (AvgIpc) is 2.29. The van der Waals surface area contributed by atoms with E-state index < -0.39 is 5.95 Å². The lowest BCUT2D eigenvalue weighted by Gasteiger charge is -2.05. The van der Waals surface area contributed by atoms with Crippen molar-refractivity contribution in [3.63, 3.8) is 0 Å². The van der Waals surface area contributed by atoms with Gasteiger partial charge in [0, 0.05) is 23.6 Å². The lowest BCUT2D eigenvalue weighted by atomic mass is 10.2. The van der Waals surface area contributed by atoms with E-state index >= 15 is 0 Å². The van der Waals surface area contributed by atoms with E-state index in [1.54, 1.807) is 30.3 Å². The molecule has 0 aliphatic heterocycles. The predicted octanol–water partition coefficient (Wildman–Crippen LogP) is 2.84. The Bertz CT molecular complexity index is 546. The first-order chi connectivity index (χ1) is 7.78. The minimum absolute atomic E-state index is 0.540. The monoisotopic (exact) mass is 213 g/mol. The molecule has 1 aromatic carbocycles. The number of rotatable bonds is 2. The number of benzene rings is 1. The second kappa shape index (κ2) is 4.41. The maximum Gasteiger partial charge on any atom is 0.214 e. The van der Waals surface area contributed by atoms with Gasteiger partial charge in [-0.15, -0.1) is 0 Å². The van der Waals surface area contributed by atoms with Crippen molar-refractivity contribution in [1.29, 1.82) is 5.26 Å². The highest BCUT2D eigenvalue weighted by atomic mass is 19.1. The fourth-order valence-electron chi connectivity index (χ4n) is 1.31. The van der Waals surface area contributed by atoms with Gasteiger partial charge >= 0.3 is 0 Å². The third-order valence-corrected chi connectivity index (χ3v) is 2.01. The Morgan fingerprint density at radius 3 is 2.75 bits per heavy atom. The molecular weight excluding hydrogens is 205 g/mol. The highest BCUT2D eigenvalue weighted by Gasteiger charge is 1.98. The van der Waals surface area contributed by atoms with Crippen LogP contribution in [0.5, 0.6) is 0 Å². The van der Waals surface area contributed by atoms with Gasteiger partial charge in [0.05, 0.1) is 11.6 Å². The summed E-state index contributed by atoms with van der Waals surface area (Å²) in [5, 5.41) is 11.7. The van der Waals surface area contributed by atoms with Crippen LogP contribution in [0.4, 0.5) is 15.8 Å². The molecule has 0 radical (unpaired) electrons. The predicted molar refractivity (Wildman–Crippen MR) is 58.6 cm³/mol. The van der Waals surface area contributed by atoms with Gasteiger partial charge in [-0.05, 0) is 24.3 Å². The normalized spacial score (nSPS) is 9.50. The quantitative estimate of drug-likeness (QED) is 0.780. The number of hydrogen-bond donors (Lipinski definition) is 1. The van der Waals surface area contributed by atoms with E-state index in [2.05, 4.69) is 10.3 Å². The van der Waals surface area contributed by atoms with Crippen molar-refractivity contribution in [2.45, 2.75) is 0 Å². The zero-order valence-corrected chi connectivity index (χ0v) is 8.31. The van der Waals surface area contributed by atoms with Crippen molar-refractivity contribution < 1.29 is 4.39 Å². The van der Waals surface area contributed by atoms with Gasteiger partial charge in [-0.1, -0.05) is 6.07 Å². The summed E-state index contributed by atoms with van der Waals surface area (Å²) in [6.07, 6.45) is 1.38. The fourth-order valence-corrected chi connectivity index (χ4v) is 1.31. The molecule has 0 fully saturated rings. The van der Waals surface area contributed by atoms with Crippen molar-refractivity contribution in [2.75, 3.05) is 5.32 Å². The molecule has 16 heavy (non-hydrogen) atoms. The molecule has 2 aromatic rings. The fraction of sp³-hybridized carbons (Fsp3) is 0. The van der Waals surface area contributed by atoms with Crippen LogP contribution in [0, 0.1) is 17.3 Å². The molecule has 0 bridgehead atoms. The van der Waals surface area contributed by atoms with E-state index in [4.69, 9.17) is 5.26 Å². The van der Waals surface area contributed by atoms with E-state index in [9.17, 15) is 4.39 Å². The lowest BCUT2D eigenvalue weighted by Crippen LogP contribution is -1.92. The van der Waals surface area contributed by atoms with Crippen LogP contribution in [0.3, 0.4) is 0 Å². The Morgan fingerprint density at radius 2 is 2.00 bits per heavy atom. The van der Waals surface area contributed by atoms with Gasteiger partial charge in [-0.2, -0.15) is 9.65 Å². The number of aromatic nitrogens is 1. The Kier molecular flexibility index (Phi) is 2.79. The van der Waals surface area contributed by atoms with Crippen LogP contribution in [-0.4, -0.2) is 4.98 Å². The smallest absolute Gasteiger partial charge is 0.214 e. The minimum Gasteiger partial charge on any atom is -0.355 e. The third-order valence-electron chi connectivity index (χ3n) is 2.01. The van der Waals surface area contributed by atoms with Crippen molar-refractivity contribution >= 4 is 11.4 Å². The summed E-state index contributed by atoms with van der Waals surface area (Å²) in [6, 6.07) is 12.0. The molecule has 1 heterocycles. The van der Waals surface area contributed by atoms with Crippen molar-refractivity contribution in [1.82, 2.24) is 4.98 Å². The molecule has 0 saturated carbocycles. The van der Waals surface area contributed by atoms with Crippen LogP contribution in [0.2, 0.25) is 0 Å². The molecule has 0 saturated heterocycles. The van der Waals surface area contributed by atoms with Gasteiger partial charge in [0.25, 0.3) is 0 Å². The molecule has 0 aliphatic carbocycles. The number of nitrogens with zero attached hydrogens (tertiary/aromatic N) is 2. The second-order valence-corrected chi connectivity index (χ2v) is 3.18. The SMILES string of the molecule is N#Cc1cccc(Nc2ccnc(F)c2)c1. The molecule has 4 heteroatoms. The van der Waals surface area contributed by atoms with Crippen LogP contribution >= 0.6 is 0 Å². The molecule has 2 rings (SSSR count). The Balaban J connectivity index is 2.24. The van der Waals surface area contributed by atoms with Gasteiger partial charge in [0.1, 0.15) is 0 Å². The molecule has 0 amide bonds. The standard InChI is InChI=1S/C12H8FN3/c13-12-7-11(4-5-15-12)16-10-3-1-2-9(6-10)8-14/h1-7H,(H,15,16). The number of nitriles is 1. The third kappa shape index (κ3) is 2.34. The summed E-state index contributed by atoms with van der Waals surface area (Å²) in [7, 11) is 0. The molecule has 1 aromatic heterocycles. The average molecular weight is 213 g/mol. The van der Waals surface area contributed by atoms with Gasteiger partial charge in [-0.3, -0.25) is 0 Å². The lowest BCUT2D eigenvalue weighted by molar-refractivity contribution is 0.584. The molecule has 3 nitrogen and oxygen atoms in total. The zero-order valence-electron chi connectivity index (χ0n) is 8.31. The second-order valence-electron chi connectivity index (χ2n) is 3.18. The van der Waals surface area contributed by atoms with E-state index in [1.807, 2.05) is 6.07 Å². The number of nitrogens with one attached hydrogen (secondary N) is 1. The van der Waals surface area contributed by atoms with E-state index in [-0.39, 0.29) is 0 Å². The van der Waals surface area contributed by atoms with Crippen molar-refractivity contribution in [3.8, 4) is 6.07 Å². The molecular formula is C12H8FN3. The summed E-state index contributed by atoms with van der Waals surface area (Å²) < 4.78 is 12.8. The highest BCUT2D eigenvalue weighted by molar-refractivity contribution is 5.60. The first-order valence-electron chi connectivity index (χ1n) is 4.67. The van der Waals surface area contributed by atoms with Crippen LogP contribution in [0.15, 0.2) is 42.6 Å².